The highest BCUT2D eigenvalue weighted by atomic mass is 35.5. The van der Waals surface area contributed by atoms with Crippen molar-refractivity contribution in [3.63, 3.8) is 0 Å². The van der Waals surface area contributed by atoms with E-state index in [1.165, 1.54) is 0 Å². The van der Waals surface area contributed by atoms with Crippen LogP contribution in [0.25, 0.3) is 0 Å². The fourth-order valence-electron chi connectivity index (χ4n) is 1.73. The molecule has 20 heavy (non-hydrogen) atoms. The van der Waals surface area contributed by atoms with Gasteiger partial charge in [0.2, 0.25) is 0 Å². The summed E-state index contributed by atoms with van der Waals surface area (Å²) in [5.41, 5.74) is 3.06. The normalized spacial score (nSPS) is 9.85. The summed E-state index contributed by atoms with van der Waals surface area (Å²) >= 11 is 6.01. The number of carbonyl (C=O) groups excluding carboxylic acids is 1. The second kappa shape index (κ2) is 6.23. The third-order valence-electron chi connectivity index (χ3n) is 2.93. The predicted octanol–water partition coefficient (Wildman–Crippen LogP) is 3.97. The second-order valence-corrected chi connectivity index (χ2v) is 4.86. The van der Waals surface area contributed by atoms with Crippen LogP contribution in [-0.2, 0) is 6.42 Å². The lowest BCUT2D eigenvalue weighted by atomic mass is 10.1. The molecule has 0 aliphatic carbocycles. The molecule has 0 bridgehead atoms. The largest absolute Gasteiger partial charge is 0.322 e. The molecule has 0 aliphatic rings. The van der Waals surface area contributed by atoms with Crippen LogP contribution in [0.1, 0.15) is 21.5 Å². The summed E-state index contributed by atoms with van der Waals surface area (Å²) in [7, 11) is 0. The first-order valence-corrected chi connectivity index (χ1v) is 6.51. The Hall–Kier alpha value is -2.31. The van der Waals surface area contributed by atoms with Crippen LogP contribution < -0.4 is 5.32 Å². The zero-order valence-corrected chi connectivity index (χ0v) is 11.7. The molecule has 2 aromatic rings. The van der Waals surface area contributed by atoms with Gasteiger partial charge in [-0.1, -0.05) is 29.8 Å². The number of aryl methyl sites for hydroxylation is 1. The minimum absolute atomic E-state index is 0.208. The molecule has 0 spiro atoms. The van der Waals surface area contributed by atoms with Crippen molar-refractivity contribution in [3.8, 4) is 6.07 Å². The van der Waals surface area contributed by atoms with E-state index in [1.807, 2.05) is 25.1 Å². The summed E-state index contributed by atoms with van der Waals surface area (Å²) in [6.45, 7) is 1.89. The average Bonchev–Trinajstić information content (AvgIpc) is 2.44. The minimum Gasteiger partial charge on any atom is -0.322 e. The number of amides is 1. The van der Waals surface area contributed by atoms with Crippen LogP contribution in [0.2, 0.25) is 5.02 Å². The minimum atomic E-state index is -0.208. The number of halogens is 1. The summed E-state index contributed by atoms with van der Waals surface area (Å²) in [5, 5.41) is 12.0. The molecule has 2 aromatic carbocycles. The van der Waals surface area contributed by atoms with E-state index in [1.54, 1.807) is 24.3 Å². The first kappa shape index (κ1) is 14.1. The topological polar surface area (TPSA) is 52.9 Å². The Labute approximate surface area is 122 Å². The standard InChI is InChI=1S/C16H13ClN2O/c1-11-2-5-13(10-15(11)17)16(20)19-14-6-3-12(4-7-14)8-9-18/h2-7,10H,8H2,1H3,(H,19,20). The number of carbonyl (C=O) groups is 1. The molecule has 0 aliphatic heterocycles. The summed E-state index contributed by atoms with van der Waals surface area (Å²) in [5.74, 6) is -0.208. The lowest BCUT2D eigenvalue weighted by Gasteiger charge is -2.07. The van der Waals surface area contributed by atoms with Crippen molar-refractivity contribution in [2.24, 2.45) is 0 Å². The Morgan fingerprint density at radius 3 is 2.55 bits per heavy atom. The van der Waals surface area contributed by atoms with Gasteiger partial charge < -0.3 is 5.32 Å². The monoisotopic (exact) mass is 284 g/mol. The van der Waals surface area contributed by atoms with Crippen molar-refractivity contribution in [2.75, 3.05) is 5.32 Å². The van der Waals surface area contributed by atoms with Crippen molar-refractivity contribution in [2.45, 2.75) is 13.3 Å². The molecule has 0 radical (unpaired) electrons. The highest BCUT2D eigenvalue weighted by molar-refractivity contribution is 6.31. The molecule has 1 N–H and O–H groups in total. The Morgan fingerprint density at radius 1 is 1.25 bits per heavy atom. The van der Waals surface area contributed by atoms with E-state index in [-0.39, 0.29) is 5.91 Å². The van der Waals surface area contributed by atoms with E-state index in [9.17, 15) is 4.79 Å². The molecule has 0 saturated heterocycles. The number of hydrogen-bond acceptors (Lipinski definition) is 2. The zero-order chi connectivity index (χ0) is 14.5. The van der Waals surface area contributed by atoms with Gasteiger partial charge in [0, 0.05) is 16.3 Å². The van der Waals surface area contributed by atoms with Gasteiger partial charge in [0.1, 0.15) is 0 Å². The second-order valence-electron chi connectivity index (χ2n) is 4.45. The Bertz CT molecular complexity index is 672. The molecular weight excluding hydrogens is 272 g/mol. The maximum Gasteiger partial charge on any atom is 0.255 e. The highest BCUT2D eigenvalue weighted by Gasteiger charge is 2.07. The van der Waals surface area contributed by atoms with Crippen LogP contribution in [0.15, 0.2) is 42.5 Å². The number of nitriles is 1. The van der Waals surface area contributed by atoms with Gasteiger partial charge in [-0.25, -0.2) is 0 Å². The van der Waals surface area contributed by atoms with Crippen LogP contribution in [-0.4, -0.2) is 5.91 Å². The molecule has 4 heteroatoms. The molecule has 100 valence electrons. The maximum absolute atomic E-state index is 12.1. The summed E-state index contributed by atoms with van der Waals surface area (Å²) in [4.78, 5) is 12.1. The van der Waals surface area contributed by atoms with Crippen LogP contribution >= 0.6 is 11.6 Å². The van der Waals surface area contributed by atoms with Crippen molar-refractivity contribution >= 4 is 23.2 Å². The summed E-state index contributed by atoms with van der Waals surface area (Å²) in [6, 6.07) is 14.5. The third-order valence-corrected chi connectivity index (χ3v) is 3.34. The molecule has 0 aromatic heterocycles. The average molecular weight is 285 g/mol. The molecule has 1 amide bonds. The zero-order valence-electron chi connectivity index (χ0n) is 11.0. The van der Waals surface area contributed by atoms with Gasteiger partial charge in [-0.2, -0.15) is 5.26 Å². The highest BCUT2D eigenvalue weighted by Crippen LogP contribution is 2.18. The van der Waals surface area contributed by atoms with Crippen molar-refractivity contribution in [1.82, 2.24) is 0 Å². The summed E-state index contributed by atoms with van der Waals surface area (Å²) in [6.07, 6.45) is 0.363. The summed E-state index contributed by atoms with van der Waals surface area (Å²) < 4.78 is 0. The maximum atomic E-state index is 12.1. The SMILES string of the molecule is Cc1ccc(C(=O)Nc2ccc(CC#N)cc2)cc1Cl. The van der Waals surface area contributed by atoms with Gasteiger partial charge in [-0.3, -0.25) is 4.79 Å². The number of anilines is 1. The van der Waals surface area contributed by atoms with Crippen molar-refractivity contribution in [3.05, 3.63) is 64.2 Å². The first-order chi connectivity index (χ1) is 9.60. The van der Waals surface area contributed by atoms with Crippen LogP contribution in [0, 0.1) is 18.3 Å². The van der Waals surface area contributed by atoms with Gasteiger partial charge in [0.25, 0.3) is 5.91 Å². The lowest BCUT2D eigenvalue weighted by Crippen LogP contribution is -2.11. The molecule has 0 atom stereocenters. The fraction of sp³-hybridized carbons (Fsp3) is 0.125. The van der Waals surface area contributed by atoms with Gasteiger partial charge in [0.05, 0.1) is 12.5 Å². The van der Waals surface area contributed by atoms with E-state index in [2.05, 4.69) is 11.4 Å². The molecule has 3 nitrogen and oxygen atoms in total. The van der Waals surface area contributed by atoms with Crippen molar-refractivity contribution in [1.29, 1.82) is 5.26 Å². The quantitative estimate of drug-likeness (QED) is 0.927. The molecule has 0 unspecified atom stereocenters. The fourth-order valence-corrected chi connectivity index (χ4v) is 1.92. The number of nitrogens with zero attached hydrogens (tertiary/aromatic N) is 1. The third kappa shape index (κ3) is 3.37. The van der Waals surface area contributed by atoms with E-state index >= 15 is 0 Å². The van der Waals surface area contributed by atoms with E-state index in [0.29, 0.717) is 22.7 Å². The first-order valence-electron chi connectivity index (χ1n) is 6.13. The van der Waals surface area contributed by atoms with E-state index in [0.717, 1.165) is 11.1 Å². The van der Waals surface area contributed by atoms with Crippen LogP contribution in [0.5, 0.6) is 0 Å². The molecule has 0 heterocycles. The van der Waals surface area contributed by atoms with E-state index in [4.69, 9.17) is 16.9 Å². The Balaban J connectivity index is 2.11. The van der Waals surface area contributed by atoms with Gasteiger partial charge in [0.15, 0.2) is 0 Å². The molecular formula is C16H13ClN2O. The van der Waals surface area contributed by atoms with Crippen LogP contribution in [0.3, 0.4) is 0 Å². The number of rotatable bonds is 3. The predicted molar refractivity (Wildman–Crippen MR) is 79.9 cm³/mol. The lowest BCUT2D eigenvalue weighted by molar-refractivity contribution is 0.102. The molecule has 0 saturated carbocycles. The smallest absolute Gasteiger partial charge is 0.255 e. The Morgan fingerprint density at radius 2 is 1.95 bits per heavy atom. The Kier molecular flexibility index (Phi) is 4.39. The van der Waals surface area contributed by atoms with Crippen molar-refractivity contribution < 1.29 is 4.79 Å². The van der Waals surface area contributed by atoms with Crippen LogP contribution in [0.4, 0.5) is 5.69 Å². The molecule has 0 fully saturated rings. The number of hydrogen-bond donors (Lipinski definition) is 1. The van der Waals surface area contributed by atoms with Gasteiger partial charge in [-0.05, 0) is 42.3 Å². The molecule has 2 rings (SSSR count). The van der Waals surface area contributed by atoms with Gasteiger partial charge in [-0.15, -0.1) is 0 Å². The number of benzene rings is 2. The number of nitrogens with one attached hydrogen (secondary N) is 1. The van der Waals surface area contributed by atoms with E-state index < -0.39 is 0 Å². The van der Waals surface area contributed by atoms with Gasteiger partial charge >= 0.3 is 0 Å².